The first-order valence-electron chi connectivity index (χ1n) is 45.1. The molecule has 0 aliphatic rings. The number of nitrogens with two attached hydrogens (primary N) is 1. The van der Waals surface area contributed by atoms with Crippen molar-refractivity contribution >= 4 is 19.8 Å². The van der Waals surface area contributed by atoms with Crippen molar-refractivity contribution < 1.29 is 37.6 Å². The fraction of sp³-hybridized carbons (Fsp3) is 0.890. The van der Waals surface area contributed by atoms with Crippen molar-refractivity contribution in [3.63, 3.8) is 0 Å². The largest absolute Gasteiger partial charge is 0.472 e. The zero-order valence-electron chi connectivity index (χ0n) is 67.7. The fourth-order valence-corrected chi connectivity index (χ4v) is 14.8. The number of carbonyl (C=O) groups is 2. The first-order valence-corrected chi connectivity index (χ1v) is 46.6. The third kappa shape index (κ3) is 86.8. The minimum atomic E-state index is -4.40. The van der Waals surface area contributed by atoms with E-state index in [1.165, 1.54) is 411 Å². The van der Waals surface area contributed by atoms with E-state index in [2.05, 4.69) is 62.5 Å². The Kier molecular flexibility index (Phi) is 85.1. The van der Waals surface area contributed by atoms with Crippen molar-refractivity contribution in [3.05, 3.63) is 48.6 Å². The molecule has 101 heavy (non-hydrogen) atoms. The van der Waals surface area contributed by atoms with Gasteiger partial charge in [0, 0.05) is 19.4 Å². The van der Waals surface area contributed by atoms with Gasteiger partial charge < -0.3 is 20.1 Å². The molecular formula is C91H174NO8P. The first kappa shape index (κ1) is 99.0. The van der Waals surface area contributed by atoms with E-state index in [4.69, 9.17) is 24.3 Å². The summed E-state index contributed by atoms with van der Waals surface area (Å²) in [4.78, 5) is 35.5. The molecule has 0 radical (unpaired) electrons. The normalized spacial score (nSPS) is 13.0. The van der Waals surface area contributed by atoms with Crippen LogP contribution in [0.4, 0.5) is 0 Å². The molecule has 0 rings (SSSR count). The van der Waals surface area contributed by atoms with Gasteiger partial charge in [0.25, 0.3) is 0 Å². The number of allylic oxidation sites excluding steroid dienone is 8. The van der Waals surface area contributed by atoms with Gasteiger partial charge in [-0.15, -0.1) is 0 Å². The number of unbranched alkanes of at least 4 members (excludes halogenated alkanes) is 66. The predicted octanol–water partition coefficient (Wildman–Crippen LogP) is 30.7. The topological polar surface area (TPSA) is 134 Å². The van der Waals surface area contributed by atoms with Gasteiger partial charge in [-0.3, -0.25) is 18.6 Å². The minimum absolute atomic E-state index is 0.0569. The zero-order chi connectivity index (χ0) is 72.9. The first-order chi connectivity index (χ1) is 49.8. The summed E-state index contributed by atoms with van der Waals surface area (Å²) in [7, 11) is -4.40. The number of phosphoric ester groups is 1. The Morgan fingerprint density at radius 2 is 0.515 bits per heavy atom. The number of hydrogen-bond acceptors (Lipinski definition) is 8. The van der Waals surface area contributed by atoms with Gasteiger partial charge in [0.1, 0.15) is 6.61 Å². The molecule has 0 amide bonds. The van der Waals surface area contributed by atoms with Crippen molar-refractivity contribution in [2.45, 2.75) is 495 Å². The Hall–Kier alpha value is -2.03. The molecule has 2 unspecified atom stereocenters. The molecule has 0 spiro atoms. The summed E-state index contributed by atoms with van der Waals surface area (Å²) in [5, 5.41) is 0. The Bertz CT molecular complexity index is 1800. The lowest BCUT2D eigenvalue weighted by Gasteiger charge is -2.19. The molecule has 0 bridgehead atoms. The average molecular weight is 1440 g/mol. The molecule has 2 atom stereocenters. The van der Waals surface area contributed by atoms with E-state index in [-0.39, 0.29) is 38.6 Å². The lowest BCUT2D eigenvalue weighted by molar-refractivity contribution is -0.161. The quantitative estimate of drug-likeness (QED) is 0.0264. The smallest absolute Gasteiger partial charge is 0.462 e. The third-order valence-electron chi connectivity index (χ3n) is 20.7. The van der Waals surface area contributed by atoms with Crippen molar-refractivity contribution in [2.24, 2.45) is 5.73 Å². The van der Waals surface area contributed by atoms with E-state index in [1.54, 1.807) is 0 Å². The van der Waals surface area contributed by atoms with Crippen LogP contribution in [0.3, 0.4) is 0 Å². The van der Waals surface area contributed by atoms with Crippen LogP contribution in [-0.2, 0) is 32.7 Å². The summed E-state index contributed by atoms with van der Waals surface area (Å²) < 4.78 is 33.4. The molecule has 0 saturated heterocycles. The number of rotatable bonds is 87. The second-order valence-corrected chi connectivity index (χ2v) is 32.3. The summed E-state index contributed by atoms with van der Waals surface area (Å²) in [6, 6.07) is 0. The molecule has 0 aliphatic carbocycles. The molecule has 9 nitrogen and oxygen atoms in total. The van der Waals surface area contributed by atoms with Gasteiger partial charge in [0.2, 0.25) is 0 Å². The second-order valence-electron chi connectivity index (χ2n) is 30.8. The molecule has 0 aromatic heterocycles. The van der Waals surface area contributed by atoms with E-state index < -0.39 is 26.5 Å². The molecule has 596 valence electrons. The van der Waals surface area contributed by atoms with Crippen molar-refractivity contribution in [1.82, 2.24) is 0 Å². The van der Waals surface area contributed by atoms with Crippen LogP contribution in [0.5, 0.6) is 0 Å². The number of carbonyl (C=O) groups excluding carboxylic acids is 2. The maximum atomic E-state index is 12.8. The summed E-state index contributed by atoms with van der Waals surface area (Å²) in [5.41, 5.74) is 5.43. The van der Waals surface area contributed by atoms with E-state index in [0.717, 1.165) is 44.9 Å². The summed E-state index contributed by atoms with van der Waals surface area (Å²) in [5.74, 6) is -0.797. The van der Waals surface area contributed by atoms with Crippen LogP contribution < -0.4 is 5.73 Å². The molecule has 0 fully saturated rings. The van der Waals surface area contributed by atoms with Crippen LogP contribution in [0.15, 0.2) is 48.6 Å². The lowest BCUT2D eigenvalue weighted by Crippen LogP contribution is -2.29. The molecule has 0 aliphatic heterocycles. The number of hydrogen-bond donors (Lipinski definition) is 2. The van der Waals surface area contributed by atoms with Gasteiger partial charge >= 0.3 is 19.8 Å². The van der Waals surface area contributed by atoms with Gasteiger partial charge in [-0.2, -0.15) is 0 Å². The van der Waals surface area contributed by atoms with Crippen LogP contribution in [0.25, 0.3) is 0 Å². The molecule has 0 heterocycles. The van der Waals surface area contributed by atoms with E-state index >= 15 is 0 Å². The number of phosphoric acid groups is 1. The SMILES string of the molecule is CCCCCCC/C=C\C/C=C\CCCCCCCCCCCCCCCCCCCCCCCCCCCCCCCC(=O)OC(COC(=O)CCCCCCCCCCCCCCCCCCCCCCCCCCCCC/C=C\C/C=C\CCCCCCC)COP(=O)(O)OCCN. The highest BCUT2D eigenvalue weighted by Gasteiger charge is 2.26. The highest BCUT2D eigenvalue weighted by Crippen LogP contribution is 2.43. The number of esters is 2. The van der Waals surface area contributed by atoms with E-state index in [0.29, 0.717) is 6.42 Å². The van der Waals surface area contributed by atoms with Crippen LogP contribution in [-0.4, -0.2) is 49.3 Å². The molecule has 0 saturated carbocycles. The summed E-state index contributed by atoms with van der Waals surface area (Å²) >= 11 is 0. The Balaban J connectivity index is 3.69. The van der Waals surface area contributed by atoms with Crippen molar-refractivity contribution in [3.8, 4) is 0 Å². The van der Waals surface area contributed by atoms with Crippen molar-refractivity contribution in [1.29, 1.82) is 0 Å². The summed E-state index contributed by atoms with van der Waals surface area (Å²) in [6.45, 7) is 3.82. The van der Waals surface area contributed by atoms with E-state index in [9.17, 15) is 19.0 Å². The molecule has 0 aromatic rings. The van der Waals surface area contributed by atoms with Crippen LogP contribution in [0.1, 0.15) is 489 Å². The molecular weight excluding hydrogens is 1270 g/mol. The van der Waals surface area contributed by atoms with Crippen LogP contribution in [0.2, 0.25) is 0 Å². The van der Waals surface area contributed by atoms with Crippen LogP contribution in [0, 0.1) is 0 Å². The monoisotopic (exact) mass is 1440 g/mol. The predicted molar refractivity (Wildman–Crippen MR) is 441 cm³/mol. The Morgan fingerprint density at radius 1 is 0.297 bits per heavy atom. The van der Waals surface area contributed by atoms with Gasteiger partial charge in [-0.1, -0.05) is 448 Å². The second kappa shape index (κ2) is 86.9. The van der Waals surface area contributed by atoms with Gasteiger partial charge in [0.05, 0.1) is 13.2 Å². The molecule has 0 aromatic carbocycles. The maximum Gasteiger partial charge on any atom is 0.472 e. The highest BCUT2D eigenvalue weighted by molar-refractivity contribution is 7.47. The fourth-order valence-electron chi connectivity index (χ4n) is 14.0. The van der Waals surface area contributed by atoms with Gasteiger partial charge in [0.15, 0.2) is 6.10 Å². The Morgan fingerprint density at radius 3 is 0.752 bits per heavy atom. The zero-order valence-corrected chi connectivity index (χ0v) is 68.6. The minimum Gasteiger partial charge on any atom is -0.462 e. The number of ether oxygens (including phenoxy) is 2. The average Bonchev–Trinajstić information content (AvgIpc) is 1.04. The Labute approximate surface area is 629 Å². The molecule has 3 N–H and O–H groups in total. The van der Waals surface area contributed by atoms with Gasteiger partial charge in [-0.25, -0.2) is 4.57 Å². The molecule has 10 heteroatoms. The third-order valence-corrected chi connectivity index (χ3v) is 21.7. The highest BCUT2D eigenvalue weighted by atomic mass is 31.2. The van der Waals surface area contributed by atoms with Crippen molar-refractivity contribution in [2.75, 3.05) is 26.4 Å². The summed E-state index contributed by atoms with van der Waals surface area (Å²) in [6.07, 6.45) is 115. The van der Waals surface area contributed by atoms with Gasteiger partial charge in [-0.05, 0) is 77.0 Å². The maximum absolute atomic E-state index is 12.8. The lowest BCUT2D eigenvalue weighted by atomic mass is 10.0. The van der Waals surface area contributed by atoms with Crippen LogP contribution >= 0.6 is 7.82 Å². The van der Waals surface area contributed by atoms with E-state index in [1.807, 2.05) is 0 Å². The standard InChI is InChI=1S/C91H174NO8P/c1-3-5-7-9-11-13-15-17-19-21-23-25-27-29-31-33-35-37-39-41-43-44-46-48-50-52-54-56-58-60-62-64-66-68-70-72-74-76-78-80-82-84-91(94)100-89(88-99-101(95,96)98-86-85-92)87-97-90(93)83-81-79-77-75-73-71-69-67-65-63-61-59-57-55-53-51-49-47-45-42-40-38-36-34-32-30-28-26-24-22-20-18-16-14-12-10-8-6-4-2/h15-18,21-24,89H,3-14,19-20,25-88,92H2,1-2H3,(H,95,96)/b17-15-,18-16-,23-21-,24-22-.